The first-order valence-electron chi connectivity index (χ1n) is 10.3. The largest absolute Gasteiger partial charge is 0.312 e. The van der Waals surface area contributed by atoms with Crippen molar-refractivity contribution in [3.8, 4) is 0 Å². The fourth-order valence-corrected chi connectivity index (χ4v) is 5.15. The van der Waals surface area contributed by atoms with Gasteiger partial charge in [-0.15, -0.1) is 0 Å². The van der Waals surface area contributed by atoms with Crippen molar-refractivity contribution in [1.82, 2.24) is 20.9 Å². The minimum Gasteiger partial charge on any atom is -0.312 e. The van der Waals surface area contributed by atoms with Crippen molar-refractivity contribution >= 4 is 23.6 Å². The van der Waals surface area contributed by atoms with Crippen molar-refractivity contribution in [2.75, 3.05) is 13.1 Å². The Hall–Kier alpha value is -2.58. The minimum atomic E-state index is -0.931. The first-order chi connectivity index (χ1) is 14.0. The molecule has 4 atom stereocenters. The lowest BCUT2D eigenvalue weighted by atomic mass is 9.73. The zero-order valence-corrected chi connectivity index (χ0v) is 16.1. The molecule has 3 N–H and O–H groups in total. The van der Waals surface area contributed by atoms with Gasteiger partial charge in [0.2, 0.25) is 11.8 Å². The molecule has 8 nitrogen and oxygen atoms in total. The molecule has 3 heterocycles. The molecule has 4 unspecified atom stereocenters. The summed E-state index contributed by atoms with van der Waals surface area (Å²) in [5.41, 5.74) is 1.46. The van der Waals surface area contributed by atoms with E-state index in [4.69, 9.17) is 0 Å². The molecule has 2 saturated heterocycles. The van der Waals surface area contributed by atoms with Crippen LogP contribution in [0.15, 0.2) is 18.2 Å². The van der Waals surface area contributed by atoms with Crippen LogP contribution in [-0.2, 0) is 16.1 Å². The molecule has 0 spiro atoms. The summed E-state index contributed by atoms with van der Waals surface area (Å²) in [7, 11) is 0. The highest BCUT2D eigenvalue weighted by Crippen LogP contribution is 2.40. The molecule has 0 aromatic heterocycles. The maximum atomic E-state index is 13.1. The lowest BCUT2D eigenvalue weighted by Crippen LogP contribution is -2.54. The highest BCUT2D eigenvalue weighted by molar-refractivity contribution is 6.24. The zero-order valence-electron chi connectivity index (χ0n) is 16.1. The smallest absolute Gasteiger partial charge is 0.262 e. The number of rotatable bonds is 5. The monoisotopic (exact) mass is 396 g/mol. The summed E-state index contributed by atoms with van der Waals surface area (Å²) in [4.78, 5) is 50.6. The molecule has 3 aliphatic heterocycles. The van der Waals surface area contributed by atoms with Crippen LogP contribution in [0.2, 0.25) is 0 Å². The van der Waals surface area contributed by atoms with Crippen LogP contribution in [0.1, 0.15) is 52.0 Å². The second kappa shape index (κ2) is 7.03. The molecule has 0 bridgehead atoms. The summed E-state index contributed by atoms with van der Waals surface area (Å²) < 4.78 is 0. The van der Waals surface area contributed by atoms with Crippen LogP contribution in [0.4, 0.5) is 0 Å². The molecule has 1 aliphatic carbocycles. The van der Waals surface area contributed by atoms with E-state index in [2.05, 4.69) is 16.0 Å². The summed E-state index contributed by atoms with van der Waals surface area (Å²) in [6.07, 6.45) is 2.88. The summed E-state index contributed by atoms with van der Waals surface area (Å²) in [6.45, 7) is 2.40. The SMILES string of the molecule is O=C1CCC(N2C(=O)c3cccc(CNCC4NCC5CCC54)c3C2=O)C(=O)N1. The molecule has 0 radical (unpaired) electrons. The average molecular weight is 396 g/mol. The molecular weight excluding hydrogens is 372 g/mol. The Morgan fingerprint density at radius 2 is 1.93 bits per heavy atom. The van der Waals surface area contributed by atoms with Crippen LogP contribution in [0.5, 0.6) is 0 Å². The Labute approximate surface area is 168 Å². The van der Waals surface area contributed by atoms with E-state index in [1.165, 1.54) is 12.8 Å². The van der Waals surface area contributed by atoms with Crippen LogP contribution in [0, 0.1) is 11.8 Å². The predicted molar refractivity (Wildman–Crippen MR) is 103 cm³/mol. The Morgan fingerprint density at radius 1 is 1.07 bits per heavy atom. The van der Waals surface area contributed by atoms with E-state index in [0.29, 0.717) is 23.7 Å². The van der Waals surface area contributed by atoms with Gasteiger partial charge >= 0.3 is 0 Å². The molecule has 1 aromatic carbocycles. The maximum Gasteiger partial charge on any atom is 0.262 e. The average Bonchev–Trinajstić information content (AvgIpc) is 3.09. The van der Waals surface area contributed by atoms with Gasteiger partial charge < -0.3 is 10.6 Å². The zero-order chi connectivity index (χ0) is 20.1. The standard InChI is InChI=1S/C21H24N4O4/c26-17-7-6-16(19(27)24-17)25-20(28)14-3-1-2-12(18(14)21(25)29)8-22-10-15-13-5-4-11(13)9-23-15/h1-3,11,13,15-16,22-23H,4-10H2,(H,24,26,27). The Bertz CT molecular complexity index is 914. The summed E-state index contributed by atoms with van der Waals surface area (Å²) in [5, 5.41) is 9.23. The number of hydrogen-bond acceptors (Lipinski definition) is 6. The fraction of sp³-hybridized carbons (Fsp3) is 0.524. The van der Waals surface area contributed by atoms with E-state index in [9.17, 15) is 19.2 Å². The number of carbonyl (C=O) groups excluding carboxylic acids is 4. The highest BCUT2D eigenvalue weighted by Gasteiger charge is 2.45. The van der Waals surface area contributed by atoms with Crippen molar-refractivity contribution < 1.29 is 19.2 Å². The summed E-state index contributed by atoms with van der Waals surface area (Å²) in [6, 6.07) is 4.77. The molecule has 4 amide bonds. The first-order valence-corrected chi connectivity index (χ1v) is 10.3. The quantitative estimate of drug-likeness (QED) is 0.613. The maximum absolute atomic E-state index is 13.1. The van der Waals surface area contributed by atoms with Crippen LogP contribution in [0.3, 0.4) is 0 Å². The van der Waals surface area contributed by atoms with Gasteiger partial charge in [0, 0.05) is 25.6 Å². The van der Waals surface area contributed by atoms with E-state index < -0.39 is 23.8 Å². The van der Waals surface area contributed by atoms with E-state index >= 15 is 0 Å². The van der Waals surface area contributed by atoms with Crippen molar-refractivity contribution in [1.29, 1.82) is 0 Å². The Kier molecular flexibility index (Phi) is 4.48. The van der Waals surface area contributed by atoms with E-state index in [0.717, 1.165) is 35.4 Å². The number of carbonyl (C=O) groups is 4. The second-order valence-electron chi connectivity index (χ2n) is 8.43. The third kappa shape index (κ3) is 2.98. The minimum absolute atomic E-state index is 0.120. The lowest BCUT2D eigenvalue weighted by Gasteiger charge is -2.33. The van der Waals surface area contributed by atoms with Crippen LogP contribution >= 0.6 is 0 Å². The molecule has 5 rings (SSSR count). The van der Waals surface area contributed by atoms with Gasteiger partial charge in [-0.1, -0.05) is 12.1 Å². The molecule has 152 valence electrons. The molecule has 1 aromatic rings. The number of benzene rings is 1. The van der Waals surface area contributed by atoms with Gasteiger partial charge in [0.05, 0.1) is 11.1 Å². The van der Waals surface area contributed by atoms with Gasteiger partial charge in [0.1, 0.15) is 6.04 Å². The van der Waals surface area contributed by atoms with Gasteiger partial charge in [0.15, 0.2) is 0 Å². The number of amides is 4. The molecule has 3 fully saturated rings. The first kappa shape index (κ1) is 18.4. The van der Waals surface area contributed by atoms with Crippen molar-refractivity contribution in [3.05, 3.63) is 34.9 Å². The van der Waals surface area contributed by atoms with Gasteiger partial charge in [0.25, 0.3) is 11.8 Å². The number of fused-ring (bicyclic) bond motifs is 2. The van der Waals surface area contributed by atoms with Crippen molar-refractivity contribution in [2.45, 2.75) is 44.3 Å². The number of nitrogens with zero attached hydrogens (tertiary/aromatic N) is 1. The molecular formula is C21H24N4O4. The van der Waals surface area contributed by atoms with E-state index in [1.807, 2.05) is 6.07 Å². The lowest BCUT2D eigenvalue weighted by molar-refractivity contribution is -0.136. The number of imide groups is 2. The topological polar surface area (TPSA) is 108 Å². The Balaban J connectivity index is 1.31. The van der Waals surface area contributed by atoms with E-state index in [-0.39, 0.29) is 18.7 Å². The predicted octanol–water partition coefficient (Wildman–Crippen LogP) is 0.175. The van der Waals surface area contributed by atoms with Crippen LogP contribution in [-0.4, -0.2) is 53.7 Å². The van der Waals surface area contributed by atoms with Gasteiger partial charge in [-0.05, 0) is 49.3 Å². The van der Waals surface area contributed by atoms with Crippen LogP contribution in [0.25, 0.3) is 0 Å². The third-order valence-corrected chi connectivity index (χ3v) is 6.87. The highest BCUT2D eigenvalue weighted by atomic mass is 16.2. The molecule has 1 saturated carbocycles. The van der Waals surface area contributed by atoms with Crippen molar-refractivity contribution in [3.63, 3.8) is 0 Å². The van der Waals surface area contributed by atoms with Gasteiger partial charge in [-0.25, -0.2) is 0 Å². The molecule has 29 heavy (non-hydrogen) atoms. The van der Waals surface area contributed by atoms with Gasteiger partial charge in [-0.3, -0.25) is 29.4 Å². The van der Waals surface area contributed by atoms with E-state index in [1.54, 1.807) is 12.1 Å². The number of nitrogens with one attached hydrogen (secondary N) is 3. The summed E-state index contributed by atoms with van der Waals surface area (Å²) >= 11 is 0. The second-order valence-corrected chi connectivity index (χ2v) is 8.43. The third-order valence-electron chi connectivity index (χ3n) is 6.87. The van der Waals surface area contributed by atoms with Gasteiger partial charge in [-0.2, -0.15) is 0 Å². The number of hydrogen-bond donors (Lipinski definition) is 3. The number of piperidine rings is 1. The normalized spacial score (nSPS) is 30.8. The fourth-order valence-electron chi connectivity index (χ4n) is 5.15. The van der Waals surface area contributed by atoms with Crippen molar-refractivity contribution in [2.24, 2.45) is 11.8 Å². The van der Waals surface area contributed by atoms with Crippen LogP contribution < -0.4 is 16.0 Å². The Morgan fingerprint density at radius 3 is 2.66 bits per heavy atom. The molecule has 8 heteroatoms. The summed E-state index contributed by atoms with van der Waals surface area (Å²) in [5.74, 6) is -0.315. The molecule has 4 aliphatic rings.